The molecule has 0 bridgehead atoms. The molecule has 0 atom stereocenters. The van der Waals surface area contributed by atoms with Gasteiger partial charge in [-0.05, 0) is 54.9 Å². The molecular formula is C14H16BrFN4. The first-order chi connectivity index (χ1) is 9.51. The highest BCUT2D eigenvalue weighted by Crippen LogP contribution is 2.28. The van der Waals surface area contributed by atoms with Gasteiger partial charge in [-0.25, -0.2) is 14.4 Å². The molecular weight excluding hydrogens is 323 g/mol. The van der Waals surface area contributed by atoms with E-state index < -0.39 is 0 Å². The normalized spacial score (nSPS) is 10.4. The lowest BCUT2D eigenvalue weighted by molar-refractivity contribution is 0.627. The van der Waals surface area contributed by atoms with Gasteiger partial charge in [0, 0.05) is 16.6 Å². The lowest BCUT2D eigenvalue weighted by Gasteiger charge is -2.14. The number of nitrogens with one attached hydrogen (secondary N) is 2. The van der Waals surface area contributed by atoms with Gasteiger partial charge >= 0.3 is 0 Å². The van der Waals surface area contributed by atoms with Crippen molar-refractivity contribution in [1.82, 2.24) is 9.97 Å². The SMILES string of the molecule is CCNc1nc(C)nc(Nc2ccc(F)cc2Br)c1C. The minimum Gasteiger partial charge on any atom is -0.370 e. The molecule has 0 saturated heterocycles. The second-order valence-corrected chi connectivity index (χ2v) is 5.23. The Morgan fingerprint density at radius 1 is 1.20 bits per heavy atom. The molecule has 0 unspecified atom stereocenters. The van der Waals surface area contributed by atoms with Crippen molar-refractivity contribution in [2.24, 2.45) is 0 Å². The summed E-state index contributed by atoms with van der Waals surface area (Å²) >= 11 is 3.34. The average Bonchev–Trinajstić information content (AvgIpc) is 2.38. The number of rotatable bonds is 4. The van der Waals surface area contributed by atoms with Gasteiger partial charge in [-0.2, -0.15) is 0 Å². The Kier molecular flexibility index (Phi) is 4.54. The van der Waals surface area contributed by atoms with E-state index in [1.165, 1.54) is 12.1 Å². The number of halogens is 2. The zero-order valence-electron chi connectivity index (χ0n) is 11.6. The zero-order valence-corrected chi connectivity index (χ0v) is 13.2. The summed E-state index contributed by atoms with van der Waals surface area (Å²) in [4.78, 5) is 8.76. The molecule has 0 fully saturated rings. The quantitative estimate of drug-likeness (QED) is 0.878. The minimum atomic E-state index is -0.286. The number of anilines is 3. The van der Waals surface area contributed by atoms with Gasteiger partial charge in [0.2, 0.25) is 0 Å². The van der Waals surface area contributed by atoms with E-state index in [2.05, 4.69) is 36.5 Å². The third-order valence-electron chi connectivity index (χ3n) is 2.79. The summed E-state index contributed by atoms with van der Waals surface area (Å²) in [5.74, 6) is 1.90. The van der Waals surface area contributed by atoms with Crippen molar-refractivity contribution in [2.45, 2.75) is 20.8 Å². The number of benzene rings is 1. The third-order valence-corrected chi connectivity index (χ3v) is 3.44. The van der Waals surface area contributed by atoms with E-state index in [4.69, 9.17) is 0 Å². The van der Waals surface area contributed by atoms with Crippen molar-refractivity contribution >= 4 is 33.3 Å². The number of nitrogens with zero attached hydrogens (tertiary/aromatic N) is 2. The molecule has 6 heteroatoms. The Balaban J connectivity index is 2.37. The highest BCUT2D eigenvalue weighted by atomic mass is 79.9. The first-order valence-electron chi connectivity index (χ1n) is 6.32. The molecule has 1 aromatic carbocycles. The van der Waals surface area contributed by atoms with Crippen molar-refractivity contribution < 1.29 is 4.39 Å². The average molecular weight is 339 g/mol. The Bertz CT molecular complexity index is 631. The lowest BCUT2D eigenvalue weighted by Crippen LogP contribution is -2.08. The summed E-state index contributed by atoms with van der Waals surface area (Å²) < 4.78 is 13.8. The molecule has 0 aliphatic rings. The van der Waals surface area contributed by atoms with Crippen molar-refractivity contribution in [2.75, 3.05) is 17.2 Å². The molecule has 0 aliphatic heterocycles. The van der Waals surface area contributed by atoms with Crippen LogP contribution >= 0.6 is 15.9 Å². The number of aryl methyl sites for hydroxylation is 1. The van der Waals surface area contributed by atoms with Crippen LogP contribution in [-0.2, 0) is 0 Å². The largest absolute Gasteiger partial charge is 0.370 e. The molecule has 0 amide bonds. The molecule has 2 rings (SSSR count). The summed E-state index contributed by atoms with van der Waals surface area (Å²) in [6.45, 7) is 6.58. The molecule has 106 valence electrons. The molecule has 20 heavy (non-hydrogen) atoms. The van der Waals surface area contributed by atoms with E-state index >= 15 is 0 Å². The highest BCUT2D eigenvalue weighted by Gasteiger charge is 2.10. The van der Waals surface area contributed by atoms with E-state index in [0.29, 0.717) is 16.1 Å². The van der Waals surface area contributed by atoms with Crippen LogP contribution in [0.3, 0.4) is 0 Å². The van der Waals surface area contributed by atoms with Gasteiger partial charge in [0.25, 0.3) is 0 Å². The van der Waals surface area contributed by atoms with Crippen LogP contribution < -0.4 is 10.6 Å². The second-order valence-electron chi connectivity index (χ2n) is 4.37. The van der Waals surface area contributed by atoms with Crippen LogP contribution in [0.15, 0.2) is 22.7 Å². The van der Waals surface area contributed by atoms with E-state index in [1.807, 2.05) is 20.8 Å². The predicted octanol–water partition coefficient (Wildman–Crippen LogP) is 4.17. The van der Waals surface area contributed by atoms with Gasteiger partial charge < -0.3 is 10.6 Å². The van der Waals surface area contributed by atoms with Crippen LogP contribution in [0.2, 0.25) is 0 Å². The fraction of sp³-hybridized carbons (Fsp3) is 0.286. The van der Waals surface area contributed by atoms with Crippen molar-refractivity contribution in [3.8, 4) is 0 Å². The fourth-order valence-corrected chi connectivity index (χ4v) is 2.26. The van der Waals surface area contributed by atoms with Crippen molar-refractivity contribution in [3.63, 3.8) is 0 Å². The first-order valence-corrected chi connectivity index (χ1v) is 7.11. The molecule has 2 N–H and O–H groups in total. The summed E-state index contributed by atoms with van der Waals surface area (Å²) in [5.41, 5.74) is 1.68. The molecule has 0 saturated carbocycles. The summed E-state index contributed by atoms with van der Waals surface area (Å²) in [6, 6.07) is 4.49. The maximum Gasteiger partial charge on any atom is 0.139 e. The van der Waals surface area contributed by atoms with E-state index in [0.717, 1.165) is 23.6 Å². The van der Waals surface area contributed by atoms with Crippen molar-refractivity contribution in [1.29, 1.82) is 0 Å². The maximum absolute atomic E-state index is 13.1. The van der Waals surface area contributed by atoms with Crippen LogP contribution in [0.5, 0.6) is 0 Å². The zero-order chi connectivity index (χ0) is 14.7. The fourth-order valence-electron chi connectivity index (χ4n) is 1.81. The van der Waals surface area contributed by atoms with Gasteiger partial charge in [-0.1, -0.05) is 0 Å². The van der Waals surface area contributed by atoms with E-state index in [1.54, 1.807) is 6.07 Å². The summed E-state index contributed by atoms with van der Waals surface area (Å²) in [6.07, 6.45) is 0. The molecule has 1 heterocycles. The van der Waals surface area contributed by atoms with Crippen LogP contribution in [0.1, 0.15) is 18.3 Å². The van der Waals surface area contributed by atoms with Crippen LogP contribution in [0.4, 0.5) is 21.7 Å². The van der Waals surface area contributed by atoms with Gasteiger partial charge in [0.05, 0.1) is 5.69 Å². The lowest BCUT2D eigenvalue weighted by atomic mass is 10.2. The van der Waals surface area contributed by atoms with Gasteiger partial charge in [-0.15, -0.1) is 0 Å². The topological polar surface area (TPSA) is 49.8 Å². The standard InChI is InChI=1S/C14H16BrFN4/c1-4-17-13-8(2)14(19-9(3)18-13)20-12-6-5-10(16)7-11(12)15/h5-7H,4H2,1-3H3,(H2,17,18,19,20). The summed E-state index contributed by atoms with van der Waals surface area (Å²) in [7, 11) is 0. The Morgan fingerprint density at radius 2 is 1.90 bits per heavy atom. The summed E-state index contributed by atoms with van der Waals surface area (Å²) in [5, 5.41) is 6.41. The smallest absolute Gasteiger partial charge is 0.139 e. The molecule has 0 aliphatic carbocycles. The Morgan fingerprint density at radius 3 is 2.55 bits per heavy atom. The Labute approximate surface area is 126 Å². The van der Waals surface area contributed by atoms with Crippen LogP contribution in [-0.4, -0.2) is 16.5 Å². The minimum absolute atomic E-state index is 0.286. The van der Waals surface area contributed by atoms with E-state index in [-0.39, 0.29) is 5.82 Å². The Hall–Kier alpha value is -1.69. The molecule has 1 aromatic heterocycles. The number of hydrogen-bond donors (Lipinski definition) is 2. The first kappa shape index (κ1) is 14.7. The van der Waals surface area contributed by atoms with Gasteiger partial charge in [0.15, 0.2) is 0 Å². The predicted molar refractivity (Wildman–Crippen MR) is 83.1 cm³/mol. The molecule has 0 spiro atoms. The number of hydrogen-bond acceptors (Lipinski definition) is 4. The molecule has 4 nitrogen and oxygen atoms in total. The van der Waals surface area contributed by atoms with Crippen LogP contribution in [0, 0.1) is 19.7 Å². The van der Waals surface area contributed by atoms with Crippen molar-refractivity contribution in [3.05, 3.63) is 39.9 Å². The second kappa shape index (κ2) is 6.17. The number of aromatic nitrogens is 2. The van der Waals surface area contributed by atoms with Gasteiger partial charge in [0.1, 0.15) is 23.3 Å². The highest BCUT2D eigenvalue weighted by molar-refractivity contribution is 9.10. The monoisotopic (exact) mass is 338 g/mol. The van der Waals surface area contributed by atoms with Crippen LogP contribution in [0.25, 0.3) is 0 Å². The molecule has 0 radical (unpaired) electrons. The molecule has 2 aromatic rings. The van der Waals surface area contributed by atoms with Gasteiger partial charge in [-0.3, -0.25) is 0 Å². The van der Waals surface area contributed by atoms with E-state index in [9.17, 15) is 4.39 Å². The third kappa shape index (κ3) is 3.25. The maximum atomic E-state index is 13.1.